The summed E-state index contributed by atoms with van der Waals surface area (Å²) in [6.45, 7) is 12.4. The van der Waals surface area contributed by atoms with E-state index in [4.69, 9.17) is 0 Å². The first-order valence-electron chi connectivity index (χ1n) is 10.1. The highest BCUT2D eigenvalue weighted by Gasteiger charge is 2.30. The van der Waals surface area contributed by atoms with Crippen LogP contribution < -0.4 is 0 Å². The first-order chi connectivity index (χ1) is 12.7. The van der Waals surface area contributed by atoms with Gasteiger partial charge in [-0.05, 0) is 45.0 Å². The normalized spacial score (nSPS) is 21.2. The molecule has 0 radical (unpaired) electrons. The number of carbonyl (C=O) groups is 1. The summed E-state index contributed by atoms with van der Waals surface area (Å²) in [5.41, 5.74) is 2.65. The zero-order valence-electron chi connectivity index (χ0n) is 16.4. The Morgan fingerprint density at radius 1 is 1.00 bits per heavy atom. The molecule has 2 aliphatic heterocycles. The first-order valence-corrected chi connectivity index (χ1v) is 10.1. The van der Waals surface area contributed by atoms with Crippen LogP contribution in [-0.2, 0) is 4.79 Å². The summed E-state index contributed by atoms with van der Waals surface area (Å²) in [5, 5.41) is 0. The van der Waals surface area contributed by atoms with Crippen molar-refractivity contribution in [2.24, 2.45) is 5.92 Å². The summed E-state index contributed by atoms with van der Waals surface area (Å²) < 4.78 is 0. The van der Waals surface area contributed by atoms with Crippen LogP contribution in [0.5, 0.6) is 0 Å². The van der Waals surface area contributed by atoms with Crippen LogP contribution in [0.3, 0.4) is 0 Å². The van der Waals surface area contributed by atoms with E-state index in [1.54, 1.807) is 0 Å². The fraction of sp³-hybridized carbons (Fsp3) is 0.591. The summed E-state index contributed by atoms with van der Waals surface area (Å²) in [4.78, 5) is 19.8. The highest BCUT2D eigenvalue weighted by Crippen LogP contribution is 2.21. The van der Waals surface area contributed by atoms with Crippen LogP contribution in [0.2, 0.25) is 0 Å². The van der Waals surface area contributed by atoms with Crippen molar-refractivity contribution >= 4 is 12.0 Å². The number of nitrogens with zero attached hydrogens (tertiary/aromatic N) is 3. The van der Waals surface area contributed by atoms with Crippen LogP contribution in [0, 0.1) is 5.92 Å². The van der Waals surface area contributed by atoms with Gasteiger partial charge in [0.25, 0.3) is 0 Å². The maximum Gasteiger partial charge on any atom is 0.225 e. The minimum absolute atomic E-state index is 0.234. The Hall–Kier alpha value is -1.65. The van der Waals surface area contributed by atoms with E-state index in [1.807, 2.05) is 0 Å². The second kappa shape index (κ2) is 9.33. The lowest BCUT2D eigenvalue weighted by molar-refractivity contribution is -0.138. The Bertz CT molecular complexity index is 597. The number of likely N-dealkylation sites (tertiary alicyclic amines) is 1. The smallest absolute Gasteiger partial charge is 0.225 e. The molecule has 0 N–H and O–H groups in total. The van der Waals surface area contributed by atoms with Crippen molar-refractivity contribution in [3.63, 3.8) is 0 Å². The van der Waals surface area contributed by atoms with Gasteiger partial charge in [-0.3, -0.25) is 9.69 Å². The van der Waals surface area contributed by atoms with Crippen LogP contribution >= 0.6 is 0 Å². The monoisotopic (exact) mass is 355 g/mol. The zero-order valence-corrected chi connectivity index (χ0v) is 16.4. The van der Waals surface area contributed by atoms with Gasteiger partial charge in [-0.1, -0.05) is 48.9 Å². The minimum atomic E-state index is 0.234. The molecular formula is C22H33N3O. The van der Waals surface area contributed by atoms with Gasteiger partial charge in [0.1, 0.15) is 0 Å². The molecule has 4 heteroatoms. The van der Waals surface area contributed by atoms with Crippen molar-refractivity contribution in [2.45, 2.75) is 26.7 Å². The van der Waals surface area contributed by atoms with Crippen molar-refractivity contribution < 1.29 is 4.79 Å². The van der Waals surface area contributed by atoms with Crippen LogP contribution in [0.25, 0.3) is 6.08 Å². The standard InChI is InChI=1S/C22H33N3O/c1-3-23-13-15-25(16-14-23)22(26)21-9-11-24(12-10-21)18-19(2)17-20-7-5-4-6-8-20/h4-8,17,21H,3,9-16,18H2,1-2H3. The van der Waals surface area contributed by atoms with Gasteiger partial charge in [0.15, 0.2) is 0 Å². The minimum Gasteiger partial charge on any atom is -0.340 e. The third-order valence-electron chi connectivity index (χ3n) is 5.75. The molecule has 0 saturated carbocycles. The molecule has 26 heavy (non-hydrogen) atoms. The topological polar surface area (TPSA) is 26.8 Å². The molecule has 2 aliphatic rings. The number of benzene rings is 1. The van der Waals surface area contributed by atoms with Gasteiger partial charge in [0.05, 0.1) is 0 Å². The first kappa shape index (κ1) is 19.1. The summed E-state index contributed by atoms with van der Waals surface area (Å²) in [6.07, 6.45) is 4.28. The predicted molar refractivity (Wildman–Crippen MR) is 108 cm³/mol. The molecule has 0 atom stereocenters. The molecule has 0 aromatic heterocycles. The molecule has 2 saturated heterocycles. The molecule has 0 aliphatic carbocycles. The molecule has 1 amide bonds. The molecule has 1 aromatic rings. The second-order valence-corrected chi connectivity index (χ2v) is 7.71. The summed E-state index contributed by atoms with van der Waals surface area (Å²) in [5.74, 6) is 0.634. The van der Waals surface area contributed by atoms with E-state index >= 15 is 0 Å². The largest absolute Gasteiger partial charge is 0.340 e. The van der Waals surface area contributed by atoms with Gasteiger partial charge in [0, 0.05) is 38.6 Å². The van der Waals surface area contributed by atoms with E-state index in [9.17, 15) is 4.79 Å². The lowest BCUT2D eigenvalue weighted by Crippen LogP contribution is -2.51. The van der Waals surface area contributed by atoms with Crippen LogP contribution in [0.4, 0.5) is 0 Å². The fourth-order valence-corrected chi connectivity index (χ4v) is 4.11. The molecule has 142 valence electrons. The van der Waals surface area contributed by atoms with Gasteiger partial charge < -0.3 is 9.80 Å². The molecule has 0 bridgehead atoms. The van der Waals surface area contributed by atoms with E-state index in [-0.39, 0.29) is 5.92 Å². The quantitative estimate of drug-likeness (QED) is 0.812. The van der Waals surface area contributed by atoms with Crippen molar-refractivity contribution in [3.05, 3.63) is 41.5 Å². The fourth-order valence-electron chi connectivity index (χ4n) is 4.11. The maximum atomic E-state index is 12.8. The third kappa shape index (κ3) is 5.18. The van der Waals surface area contributed by atoms with Gasteiger partial charge in [-0.15, -0.1) is 0 Å². The highest BCUT2D eigenvalue weighted by molar-refractivity contribution is 5.79. The van der Waals surface area contributed by atoms with E-state index in [2.05, 4.69) is 65.0 Å². The molecule has 2 fully saturated rings. The number of piperidine rings is 1. The molecule has 3 rings (SSSR count). The number of rotatable bonds is 5. The highest BCUT2D eigenvalue weighted by atomic mass is 16.2. The number of likely N-dealkylation sites (N-methyl/N-ethyl adjacent to an activating group) is 1. The van der Waals surface area contributed by atoms with Crippen molar-refractivity contribution in [2.75, 3.05) is 52.4 Å². The van der Waals surface area contributed by atoms with Crippen LogP contribution in [-0.4, -0.2) is 73.0 Å². The SMILES string of the molecule is CCN1CCN(C(=O)C2CCN(CC(C)=Cc3ccccc3)CC2)CC1. The number of amides is 1. The van der Waals surface area contributed by atoms with E-state index in [0.717, 1.165) is 65.2 Å². The Kier molecular flexibility index (Phi) is 6.86. The molecule has 2 heterocycles. The van der Waals surface area contributed by atoms with Crippen molar-refractivity contribution in [3.8, 4) is 0 Å². The Morgan fingerprint density at radius 3 is 2.27 bits per heavy atom. The molecular weight excluding hydrogens is 322 g/mol. The molecule has 0 spiro atoms. The van der Waals surface area contributed by atoms with Crippen LogP contribution in [0.1, 0.15) is 32.3 Å². The Balaban J connectivity index is 1.44. The van der Waals surface area contributed by atoms with Gasteiger partial charge in [0.2, 0.25) is 5.91 Å². The van der Waals surface area contributed by atoms with Crippen molar-refractivity contribution in [1.82, 2.24) is 14.7 Å². The molecule has 0 unspecified atom stereocenters. The summed E-state index contributed by atoms with van der Waals surface area (Å²) in [7, 11) is 0. The summed E-state index contributed by atoms with van der Waals surface area (Å²) >= 11 is 0. The van der Waals surface area contributed by atoms with Crippen LogP contribution in [0.15, 0.2) is 35.9 Å². The number of carbonyl (C=O) groups excluding carboxylic acids is 1. The predicted octanol–water partition coefficient (Wildman–Crippen LogP) is 2.97. The molecule has 1 aromatic carbocycles. The Morgan fingerprint density at radius 2 is 1.65 bits per heavy atom. The van der Waals surface area contributed by atoms with Gasteiger partial charge >= 0.3 is 0 Å². The van der Waals surface area contributed by atoms with E-state index in [0.29, 0.717) is 5.91 Å². The van der Waals surface area contributed by atoms with Crippen molar-refractivity contribution in [1.29, 1.82) is 0 Å². The Labute approximate surface area is 158 Å². The van der Waals surface area contributed by atoms with Gasteiger partial charge in [-0.25, -0.2) is 0 Å². The van der Waals surface area contributed by atoms with E-state index < -0.39 is 0 Å². The zero-order chi connectivity index (χ0) is 18.4. The lowest BCUT2D eigenvalue weighted by atomic mass is 9.94. The third-order valence-corrected chi connectivity index (χ3v) is 5.75. The second-order valence-electron chi connectivity index (χ2n) is 7.71. The number of piperazine rings is 1. The molecule has 4 nitrogen and oxygen atoms in total. The summed E-state index contributed by atoms with van der Waals surface area (Å²) in [6, 6.07) is 10.5. The average Bonchev–Trinajstić information content (AvgIpc) is 2.69. The van der Waals surface area contributed by atoms with E-state index in [1.165, 1.54) is 11.1 Å². The maximum absolute atomic E-state index is 12.8. The van der Waals surface area contributed by atoms with Gasteiger partial charge in [-0.2, -0.15) is 0 Å². The lowest BCUT2D eigenvalue weighted by Gasteiger charge is -2.38. The average molecular weight is 356 g/mol. The number of hydrogen-bond donors (Lipinski definition) is 0. The number of hydrogen-bond acceptors (Lipinski definition) is 3.